The summed E-state index contributed by atoms with van der Waals surface area (Å²) in [6.07, 6.45) is 0. The summed E-state index contributed by atoms with van der Waals surface area (Å²) in [5.74, 6) is 0.790. The highest BCUT2D eigenvalue weighted by Gasteiger charge is 2.20. The molecule has 1 aromatic carbocycles. The van der Waals surface area contributed by atoms with E-state index in [-0.39, 0.29) is 23.9 Å². The monoisotopic (exact) mass is 450 g/mol. The van der Waals surface area contributed by atoms with E-state index in [9.17, 15) is 9.59 Å². The van der Waals surface area contributed by atoms with Crippen LogP contribution in [0.2, 0.25) is 0 Å². The number of hydrogen-bond donors (Lipinski definition) is 0. The van der Waals surface area contributed by atoms with Gasteiger partial charge in [0, 0.05) is 44.5 Å². The molecule has 1 saturated heterocycles. The van der Waals surface area contributed by atoms with Gasteiger partial charge in [0.2, 0.25) is 0 Å². The van der Waals surface area contributed by atoms with Gasteiger partial charge < -0.3 is 9.80 Å². The fraction of sp³-hybridized carbons (Fsp3) is 0.350. The Morgan fingerprint density at radius 1 is 1.10 bits per heavy atom. The van der Waals surface area contributed by atoms with Gasteiger partial charge in [-0.25, -0.2) is 4.98 Å². The Kier molecular flexibility index (Phi) is 7.00. The van der Waals surface area contributed by atoms with Gasteiger partial charge in [-0.15, -0.1) is 23.7 Å². The number of thioether (sulfide) groups is 1. The van der Waals surface area contributed by atoms with Gasteiger partial charge in [-0.3, -0.25) is 14.2 Å². The first kappa shape index (κ1) is 21.8. The second kappa shape index (κ2) is 9.30. The summed E-state index contributed by atoms with van der Waals surface area (Å²) in [4.78, 5) is 33.8. The number of carbonyl (C=O) groups is 1. The van der Waals surface area contributed by atoms with E-state index in [1.807, 2.05) is 40.6 Å². The SMILES string of the molecule is CN1CCN(C(=O)c2ccc(CSc3nc4ccsc4c(=O)n3C)cc2)CC1.Cl. The van der Waals surface area contributed by atoms with Crippen molar-refractivity contribution in [2.45, 2.75) is 10.9 Å². The fourth-order valence-corrected chi connectivity index (χ4v) is 4.91. The summed E-state index contributed by atoms with van der Waals surface area (Å²) in [6.45, 7) is 3.39. The number of halogens is 1. The number of carbonyl (C=O) groups excluding carboxylic acids is 1. The van der Waals surface area contributed by atoms with Crippen molar-refractivity contribution in [3.05, 3.63) is 57.2 Å². The lowest BCUT2D eigenvalue weighted by molar-refractivity contribution is 0.0664. The smallest absolute Gasteiger partial charge is 0.271 e. The molecule has 1 aliphatic heterocycles. The highest BCUT2D eigenvalue weighted by Crippen LogP contribution is 2.23. The van der Waals surface area contributed by atoms with E-state index in [0.717, 1.165) is 42.8 Å². The fourth-order valence-electron chi connectivity index (χ4n) is 3.18. The van der Waals surface area contributed by atoms with E-state index in [1.165, 1.54) is 23.1 Å². The molecular weight excluding hydrogens is 428 g/mol. The zero-order valence-electron chi connectivity index (χ0n) is 16.3. The van der Waals surface area contributed by atoms with Gasteiger partial charge in [0.05, 0.1) is 5.52 Å². The van der Waals surface area contributed by atoms with Crippen LogP contribution in [0, 0.1) is 0 Å². The Bertz CT molecular complexity index is 1060. The third kappa shape index (κ3) is 4.66. The maximum absolute atomic E-state index is 12.6. The van der Waals surface area contributed by atoms with Crippen molar-refractivity contribution in [2.75, 3.05) is 33.2 Å². The maximum Gasteiger partial charge on any atom is 0.271 e. The van der Waals surface area contributed by atoms with Gasteiger partial charge in [-0.05, 0) is 36.2 Å². The van der Waals surface area contributed by atoms with E-state index < -0.39 is 0 Å². The molecule has 0 unspecified atom stereocenters. The molecule has 4 rings (SSSR count). The molecule has 9 heteroatoms. The predicted octanol–water partition coefficient (Wildman–Crippen LogP) is 3.10. The maximum atomic E-state index is 12.6. The molecule has 0 radical (unpaired) electrons. The van der Waals surface area contributed by atoms with E-state index in [1.54, 1.807) is 11.6 Å². The van der Waals surface area contributed by atoms with E-state index in [2.05, 4.69) is 16.9 Å². The van der Waals surface area contributed by atoms with Crippen molar-refractivity contribution in [3.8, 4) is 0 Å². The lowest BCUT2D eigenvalue weighted by Gasteiger charge is -2.32. The van der Waals surface area contributed by atoms with Crippen molar-refractivity contribution in [3.63, 3.8) is 0 Å². The molecule has 154 valence electrons. The van der Waals surface area contributed by atoms with Crippen LogP contribution in [0.4, 0.5) is 0 Å². The van der Waals surface area contributed by atoms with E-state index in [4.69, 9.17) is 0 Å². The molecule has 1 amide bonds. The molecule has 2 aromatic heterocycles. The third-order valence-corrected chi connectivity index (χ3v) is 7.00. The number of piperazine rings is 1. The van der Waals surface area contributed by atoms with Crippen molar-refractivity contribution >= 4 is 51.6 Å². The van der Waals surface area contributed by atoms with Gasteiger partial charge in [0.1, 0.15) is 4.70 Å². The zero-order chi connectivity index (χ0) is 19.7. The van der Waals surface area contributed by atoms with Gasteiger partial charge in [0.25, 0.3) is 11.5 Å². The molecule has 0 bridgehead atoms. The molecular formula is C20H23ClN4O2S2. The molecule has 6 nitrogen and oxygen atoms in total. The highest BCUT2D eigenvalue weighted by molar-refractivity contribution is 7.98. The Morgan fingerprint density at radius 2 is 1.79 bits per heavy atom. The minimum Gasteiger partial charge on any atom is -0.336 e. The van der Waals surface area contributed by atoms with Crippen molar-refractivity contribution in [1.29, 1.82) is 0 Å². The molecule has 1 aliphatic rings. The Hall–Kier alpha value is -1.87. The molecule has 3 aromatic rings. The van der Waals surface area contributed by atoms with Gasteiger partial charge >= 0.3 is 0 Å². The normalized spacial score (nSPS) is 14.8. The van der Waals surface area contributed by atoms with E-state index in [0.29, 0.717) is 15.6 Å². The Labute approximate surface area is 183 Å². The summed E-state index contributed by atoms with van der Waals surface area (Å²) in [5.41, 5.74) is 2.57. The summed E-state index contributed by atoms with van der Waals surface area (Å²) in [6, 6.07) is 9.63. The number of benzene rings is 1. The summed E-state index contributed by atoms with van der Waals surface area (Å²) in [5, 5.41) is 2.59. The second-order valence-electron chi connectivity index (χ2n) is 6.97. The molecule has 0 aliphatic carbocycles. The largest absolute Gasteiger partial charge is 0.336 e. The second-order valence-corrected chi connectivity index (χ2v) is 8.83. The van der Waals surface area contributed by atoms with Crippen LogP contribution < -0.4 is 5.56 Å². The molecule has 0 atom stereocenters. The number of nitrogens with zero attached hydrogens (tertiary/aromatic N) is 4. The molecule has 0 N–H and O–H groups in total. The Morgan fingerprint density at radius 3 is 2.48 bits per heavy atom. The Balaban J connectivity index is 0.00000240. The van der Waals surface area contributed by atoms with E-state index >= 15 is 0 Å². The number of fused-ring (bicyclic) bond motifs is 1. The van der Waals surface area contributed by atoms with Gasteiger partial charge in [-0.1, -0.05) is 23.9 Å². The van der Waals surface area contributed by atoms with Crippen LogP contribution in [-0.4, -0.2) is 58.5 Å². The quantitative estimate of drug-likeness (QED) is 0.451. The lowest BCUT2D eigenvalue weighted by Crippen LogP contribution is -2.47. The lowest BCUT2D eigenvalue weighted by atomic mass is 10.1. The molecule has 1 fully saturated rings. The number of amides is 1. The number of thiophene rings is 1. The van der Waals surface area contributed by atoms with Crippen molar-refractivity contribution in [1.82, 2.24) is 19.4 Å². The summed E-state index contributed by atoms with van der Waals surface area (Å²) < 4.78 is 2.30. The van der Waals surface area contributed by atoms with Crippen LogP contribution in [0.15, 0.2) is 45.7 Å². The topological polar surface area (TPSA) is 58.4 Å². The summed E-state index contributed by atoms with van der Waals surface area (Å²) in [7, 11) is 3.84. The molecule has 0 saturated carbocycles. The van der Waals surface area contributed by atoms with Crippen LogP contribution >= 0.6 is 35.5 Å². The van der Waals surface area contributed by atoms with Gasteiger partial charge in [0.15, 0.2) is 5.16 Å². The first-order chi connectivity index (χ1) is 13.5. The zero-order valence-corrected chi connectivity index (χ0v) is 18.8. The first-order valence-corrected chi connectivity index (χ1v) is 11.0. The number of hydrogen-bond acceptors (Lipinski definition) is 6. The van der Waals surface area contributed by atoms with Gasteiger partial charge in [-0.2, -0.15) is 0 Å². The van der Waals surface area contributed by atoms with Crippen LogP contribution in [-0.2, 0) is 12.8 Å². The third-order valence-electron chi connectivity index (χ3n) is 5.01. The first-order valence-electron chi connectivity index (χ1n) is 9.17. The van der Waals surface area contributed by atoms with Crippen molar-refractivity contribution < 1.29 is 4.79 Å². The number of rotatable bonds is 4. The predicted molar refractivity (Wildman–Crippen MR) is 122 cm³/mol. The van der Waals surface area contributed by atoms with Crippen LogP contribution in [0.1, 0.15) is 15.9 Å². The summed E-state index contributed by atoms with van der Waals surface area (Å²) >= 11 is 2.95. The number of aromatic nitrogens is 2. The molecule has 0 spiro atoms. The molecule has 29 heavy (non-hydrogen) atoms. The van der Waals surface area contributed by atoms with Crippen LogP contribution in [0.3, 0.4) is 0 Å². The highest BCUT2D eigenvalue weighted by atomic mass is 35.5. The number of likely N-dealkylation sites (N-methyl/N-ethyl adjacent to an activating group) is 1. The standard InChI is InChI=1S/C20H22N4O2S2.ClH/c1-22-8-10-24(11-9-22)18(25)15-5-3-14(4-6-15)13-28-20-21-16-7-12-27-17(16)19(26)23(20)2;/h3-7,12H,8-11,13H2,1-2H3;1H. The van der Waals surface area contributed by atoms with Crippen LogP contribution in [0.25, 0.3) is 10.2 Å². The minimum absolute atomic E-state index is 0. The average Bonchev–Trinajstić information content (AvgIpc) is 3.19. The molecule has 3 heterocycles. The van der Waals surface area contributed by atoms with Crippen molar-refractivity contribution in [2.24, 2.45) is 7.05 Å². The average molecular weight is 451 g/mol. The minimum atomic E-state index is -0.00405. The van der Waals surface area contributed by atoms with Crippen LogP contribution in [0.5, 0.6) is 0 Å².